The number of halogens is 1. The standard InChI is InChI=1S/C15H17FN2O4S/c16-11-1-3-12(4-2-11)17-15(20)10-7-14(19)18(8-10)13-5-6-23(21,22)9-13/h1-4,10,13H,5-9H2,(H,17,20). The van der Waals surface area contributed by atoms with Crippen LogP contribution in [0.1, 0.15) is 12.8 Å². The van der Waals surface area contributed by atoms with Crippen molar-refractivity contribution in [1.82, 2.24) is 4.90 Å². The average molecular weight is 340 g/mol. The highest BCUT2D eigenvalue weighted by atomic mass is 32.2. The molecule has 2 saturated heterocycles. The van der Waals surface area contributed by atoms with Crippen molar-refractivity contribution in [2.45, 2.75) is 18.9 Å². The Kier molecular flexibility index (Phi) is 4.09. The average Bonchev–Trinajstić information content (AvgIpc) is 3.04. The molecule has 23 heavy (non-hydrogen) atoms. The number of nitrogens with one attached hydrogen (secondary N) is 1. The van der Waals surface area contributed by atoms with E-state index in [0.29, 0.717) is 12.1 Å². The SMILES string of the molecule is O=C(Nc1ccc(F)cc1)C1CC(=O)N(C2CCS(=O)(=O)C2)C1. The molecule has 6 nitrogen and oxygen atoms in total. The Hall–Kier alpha value is -1.96. The van der Waals surface area contributed by atoms with Gasteiger partial charge in [0.2, 0.25) is 11.8 Å². The van der Waals surface area contributed by atoms with Crippen LogP contribution < -0.4 is 5.32 Å². The Morgan fingerprint density at radius 3 is 2.57 bits per heavy atom. The molecule has 1 aromatic rings. The predicted octanol–water partition coefficient (Wildman–Crippen LogP) is 0.800. The molecule has 1 aromatic carbocycles. The quantitative estimate of drug-likeness (QED) is 0.882. The Bertz CT molecular complexity index is 732. The van der Waals surface area contributed by atoms with Gasteiger partial charge in [0.1, 0.15) is 5.82 Å². The summed E-state index contributed by atoms with van der Waals surface area (Å²) in [5, 5.41) is 2.66. The zero-order valence-corrected chi connectivity index (χ0v) is 13.2. The molecule has 2 amide bonds. The second-order valence-electron chi connectivity index (χ2n) is 6.00. The lowest BCUT2D eigenvalue weighted by atomic mass is 10.1. The number of sulfone groups is 1. The summed E-state index contributed by atoms with van der Waals surface area (Å²) in [5.41, 5.74) is 0.464. The number of carbonyl (C=O) groups is 2. The summed E-state index contributed by atoms with van der Waals surface area (Å²) in [6, 6.07) is 5.06. The van der Waals surface area contributed by atoms with Gasteiger partial charge in [-0.1, -0.05) is 0 Å². The summed E-state index contributed by atoms with van der Waals surface area (Å²) in [7, 11) is -3.08. The van der Waals surface area contributed by atoms with E-state index in [1.807, 2.05) is 0 Å². The number of amides is 2. The van der Waals surface area contributed by atoms with Crippen LogP contribution in [0.25, 0.3) is 0 Å². The number of likely N-dealkylation sites (tertiary alicyclic amines) is 1. The fraction of sp³-hybridized carbons (Fsp3) is 0.467. The van der Waals surface area contributed by atoms with Crippen molar-refractivity contribution in [3.63, 3.8) is 0 Å². The van der Waals surface area contributed by atoms with E-state index in [1.165, 1.54) is 29.2 Å². The smallest absolute Gasteiger partial charge is 0.229 e. The fourth-order valence-electron chi connectivity index (χ4n) is 3.06. The van der Waals surface area contributed by atoms with Crippen LogP contribution in [0, 0.1) is 11.7 Å². The Balaban J connectivity index is 1.63. The summed E-state index contributed by atoms with van der Waals surface area (Å²) in [4.78, 5) is 25.8. The molecule has 0 saturated carbocycles. The van der Waals surface area contributed by atoms with E-state index in [2.05, 4.69) is 5.32 Å². The first-order valence-electron chi connectivity index (χ1n) is 7.40. The van der Waals surface area contributed by atoms with E-state index in [-0.39, 0.29) is 42.3 Å². The maximum absolute atomic E-state index is 12.8. The van der Waals surface area contributed by atoms with Crippen LogP contribution in [0.15, 0.2) is 24.3 Å². The van der Waals surface area contributed by atoms with Gasteiger partial charge in [0.25, 0.3) is 0 Å². The van der Waals surface area contributed by atoms with E-state index < -0.39 is 21.6 Å². The molecule has 0 bridgehead atoms. The molecule has 2 atom stereocenters. The van der Waals surface area contributed by atoms with E-state index in [9.17, 15) is 22.4 Å². The minimum absolute atomic E-state index is 0.0228. The Morgan fingerprint density at radius 2 is 1.96 bits per heavy atom. The highest BCUT2D eigenvalue weighted by Crippen LogP contribution is 2.27. The highest BCUT2D eigenvalue weighted by Gasteiger charge is 2.41. The third-order valence-electron chi connectivity index (χ3n) is 4.29. The molecule has 0 spiro atoms. The monoisotopic (exact) mass is 340 g/mol. The Morgan fingerprint density at radius 1 is 1.26 bits per heavy atom. The second-order valence-corrected chi connectivity index (χ2v) is 8.23. The maximum atomic E-state index is 12.8. The molecular formula is C15H17FN2O4S. The summed E-state index contributed by atoms with van der Waals surface area (Å²) < 4.78 is 35.9. The molecule has 2 heterocycles. The number of anilines is 1. The van der Waals surface area contributed by atoms with Gasteiger partial charge in [-0.25, -0.2) is 12.8 Å². The molecule has 0 aromatic heterocycles. The largest absolute Gasteiger partial charge is 0.338 e. The van der Waals surface area contributed by atoms with Crippen molar-refractivity contribution >= 4 is 27.3 Å². The molecule has 2 fully saturated rings. The molecule has 1 N–H and O–H groups in total. The molecular weight excluding hydrogens is 323 g/mol. The molecule has 0 aliphatic carbocycles. The van der Waals surface area contributed by atoms with Gasteiger partial charge in [-0.05, 0) is 30.7 Å². The number of hydrogen-bond acceptors (Lipinski definition) is 4. The summed E-state index contributed by atoms with van der Waals surface area (Å²) in [6.07, 6.45) is 0.504. The molecule has 8 heteroatoms. The van der Waals surface area contributed by atoms with Crippen molar-refractivity contribution in [2.75, 3.05) is 23.4 Å². The first-order chi connectivity index (χ1) is 10.8. The van der Waals surface area contributed by atoms with Gasteiger partial charge in [0.05, 0.1) is 17.4 Å². The molecule has 124 valence electrons. The van der Waals surface area contributed by atoms with Gasteiger partial charge >= 0.3 is 0 Å². The van der Waals surface area contributed by atoms with Gasteiger partial charge in [-0.2, -0.15) is 0 Å². The number of nitrogens with zero attached hydrogens (tertiary/aromatic N) is 1. The number of carbonyl (C=O) groups excluding carboxylic acids is 2. The first-order valence-corrected chi connectivity index (χ1v) is 9.22. The number of benzene rings is 1. The third kappa shape index (κ3) is 3.52. The van der Waals surface area contributed by atoms with Gasteiger partial charge < -0.3 is 10.2 Å². The van der Waals surface area contributed by atoms with Crippen LogP contribution in [-0.2, 0) is 19.4 Å². The van der Waals surface area contributed by atoms with Crippen LogP contribution in [0.3, 0.4) is 0 Å². The maximum Gasteiger partial charge on any atom is 0.229 e. The molecule has 2 aliphatic rings. The zero-order valence-electron chi connectivity index (χ0n) is 12.4. The van der Waals surface area contributed by atoms with Crippen molar-refractivity contribution in [3.8, 4) is 0 Å². The van der Waals surface area contributed by atoms with E-state index >= 15 is 0 Å². The minimum Gasteiger partial charge on any atom is -0.338 e. The lowest BCUT2D eigenvalue weighted by molar-refractivity contribution is -0.129. The first kappa shape index (κ1) is 15.9. The van der Waals surface area contributed by atoms with Crippen molar-refractivity contribution in [1.29, 1.82) is 0 Å². The van der Waals surface area contributed by atoms with Crippen LogP contribution in [0.4, 0.5) is 10.1 Å². The molecule has 2 aliphatic heterocycles. The van der Waals surface area contributed by atoms with E-state index in [4.69, 9.17) is 0 Å². The molecule has 2 unspecified atom stereocenters. The minimum atomic E-state index is -3.08. The lowest BCUT2D eigenvalue weighted by Gasteiger charge is -2.22. The topological polar surface area (TPSA) is 83.6 Å². The summed E-state index contributed by atoms with van der Waals surface area (Å²) >= 11 is 0. The van der Waals surface area contributed by atoms with Gasteiger partial charge in [-0.3, -0.25) is 9.59 Å². The van der Waals surface area contributed by atoms with Crippen molar-refractivity contribution in [3.05, 3.63) is 30.1 Å². The van der Waals surface area contributed by atoms with Crippen LogP contribution in [-0.4, -0.2) is 49.2 Å². The van der Waals surface area contributed by atoms with Crippen molar-refractivity contribution in [2.24, 2.45) is 5.92 Å². The molecule has 3 rings (SSSR count). The van der Waals surface area contributed by atoms with Crippen LogP contribution in [0.5, 0.6) is 0 Å². The Labute approximate surface area is 133 Å². The van der Waals surface area contributed by atoms with Crippen molar-refractivity contribution < 1.29 is 22.4 Å². The van der Waals surface area contributed by atoms with Gasteiger partial charge in [-0.15, -0.1) is 0 Å². The lowest BCUT2D eigenvalue weighted by Crippen LogP contribution is -2.38. The van der Waals surface area contributed by atoms with Crippen LogP contribution >= 0.6 is 0 Å². The van der Waals surface area contributed by atoms with E-state index in [1.54, 1.807) is 0 Å². The van der Waals surface area contributed by atoms with Gasteiger partial charge in [0, 0.05) is 24.7 Å². The summed E-state index contributed by atoms with van der Waals surface area (Å²) in [6.45, 7) is 0.228. The van der Waals surface area contributed by atoms with E-state index in [0.717, 1.165) is 0 Å². The highest BCUT2D eigenvalue weighted by molar-refractivity contribution is 7.91. The summed E-state index contributed by atoms with van der Waals surface area (Å²) in [5.74, 6) is -1.35. The third-order valence-corrected chi connectivity index (χ3v) is 6.04. The van der Waals surface area contributed by atoms with Crippen LogP contribution in [0.2, 0.25) is 0 Å². The second kappa shape index (κ2) is 5.92. The number of hydrogen-bond donors (Lipinski definition) is 1. The van der Waals surface area contributed by atoms with Gasteiger partial charge in [0.15, 0.2) is 9.84 Å². The molecule has 0 radical (unpaired) electrons. The number of rotatable bonds is 3. The predicted molar refractivity (Wildman–Crippen MR) is 81.9 cm³/mol. The fourth-order valence-corrected chi connectivity index (χ4v) is 4.79. The zero-order chi connectivity index (χ0) is 16.6. The normalized spacial score (nSPS) is 26.5.